The lowest BCUT2D eigenvalue weighted by molar-refractivity contribution is 0.0692. The van der Waals surface area contributed by atoms with Crippen LogP contribution in [0.4, 0.5) is 8.78 Å². The maximum absolute atomic E-state index is 13.2. The zero-order valence-electron chi connectivity index (χ0n) is 9.58. The zero-order valence-corrected chi connectivity index (χ0v) is 9.58. The SMILES string of the molecule is Cc1cc(-c2ccc(F)c(C(=O)O)c2)ccc1F. The van der Waals surface area contributed by atoms with E-state index in [2.05, 4.69) is 0 Å². The molecule has 0 saturated carbocycles. The van der Waals surface area contributed by atoms with Crippen LogP contribution >= 0.6 is 0 Å². The highest BCUT2D eigenvalue weighted by molar-refractivity contribution is 5.89. The quantitative estimate of drug-likeness (QED) is 0.880. The Hall–Kier alpha value is -2.23. The number of aromatic carboxylic acids is 1. The minimum atomic E-state index is -1.33. The van der Waals surface area contributed by atoms with Crippen LogP contribution < -0.4 is 0 Å². The molecule has 0 aliphatic heterocycles. The van der Waals surface area contributed by atoms with Gasteiger partial charge in [-0.25, -0.2) is 13.6 Å². The summed E-state index contributed by atoms with van der Waals surface area (Å²) in [5.41, 5.74) is 1.25. The topological polar surface area (TPSA) is 37.3 Å². The van der Waals surface area contributed by atoms with Gasteiger partial charge in [-0.3, -0.25) is 0 Å². The Morgan fingerprint density at radius 3 is 2.11 bits per heavy atom. The predicted molar refractivity (Wildman–Crippen MR) is 63.5 cm³/mol. The van der Waals surface area contributed by atoms with E-state index in [0.717, 1.165) is 6.07 Å². The van der Waals surface area contributed by atoms with E-state index >= 15 is 0 Å². The van der Waals surface area contributed by atoms with Crippen LogP contribution in [0.2, 0.25) is 0 Å². The summed E-state index contributed by atoms with van der Waals surface area (Å²) in [4.78, 5) is 10.8. The van der Waals surface area contributed by atoms with Crippen molar-refractivity contribution in [1.82, 2.24) is 0 Å². The van der Waals surface area contributed by atoms with Gasteiger partial charge in [-0.05, 0) is 47.9 Å². The average molecular weight is 248 g/mol. The molecule has 0 saturated heterocycles. The Balaban J connectivity index is 2.54. The summed E-state index contributed by atoms with van der Waals surface area (Å²) in [6, 6.07) is 8.22. The molecule has 0 radical (unpaired) electrons. The molecule has 0 amide bonds. The van der Waals surface area contributed by atoms with Gasteiger partial charge in [-0.2, -0.15) is 0 Å². The second-order valence-corrected chi connectivity index (χ2v) is 3.96. The first-order chi connectivity index (χ1) is 8.49. The van der Waals surface area contributed by atoms with Crippen molar-refractivity contribution in [3.8, 4) is 11.1 Å². The van der Waals surface area contributed by atoms with Crippen LogP contribution in [0.1, 0.15) is 15.9 Å². The molecule has 0 bridgehead atoms. The molecule has 0 aliphatic rings. The molecule has 2 nitrogen and oxygen atoms in total. The monoisotopic (exact) mass is 248 g/mol. The van der Waals surface area contributed by atoms with E-state index in [4.69, 9.17) is 5.11 Å². The molecular weight excluding hydrogens is 238 g/mol. The molecule has 0 fully saturated rings. The Morgan fingerprint density at radius 2 is 1.56 bits per heavy atom. The van der Waals surface area contributed by atoms with Crippen molar-refractivity contribution in [2.24, 2.45) is 0 Å². The van der Waals surface area contributed by atoms with Gasteiger partial charge in [-0.15, -0.1) is 0 Å². The van der Waals surface area contributed by atoms with Gasteiger partial charge in [0.2, 0.25) is 0 Å². The van der Waals surface area contributed by atoms with Gasteiger partial charge in [-0.1, -0.05) is 12.1 Å². The van der Waals surface area contributed by atoms with E-state index in [-0.39, 0.29) is 5.82 Å². The summed E-state index contributed by atoms with van der Waals surface area (Å²) in [6.45, 7) is 1.61. The van der Waals surface area contributed by atoms with E-state index in [1.807, 2.05) is 0 Å². The van der Waals surface area contributed by atoms with Crippen molar-refractivity contribution in [2.45, 2.75) is 6.92 Å². The van der Waals surface area contributed by atoms with E-state index in [0.29, 0.717) is 16.7 Å². The standard InChI is InChI=1S/C14H10F2O2/c1-8-6-9(2-4-12(8)15)10-3-5-13(16)11(7-10)14(17)18/h2-7H,1H3,(H,17,18). The van der Waals surface area contributed by atoms with E-state index in [1.54, 1.807) is 13.0 Å². The minimum absolute atomic E-state index is 0.334. The first-order valence-corrected chi connectivity index (χ1v) is 5.28. The summed E-state index contributed by atoms with van der Waals surface area (Å²) < 4.78 is 26.4. The van der Waals surface area contributed by atoms with Crippen molar-refractivity contribution in [3.63, 3.8) is 0 Å². The lowest BCUT2D eigenvalue weighted by atomic mass is 10.0. The predicted octanol–water partition coefficient (Wildman–Crippen LogP) is 3.64. The third kappa shape index (κ3) is 2.22. The lowest BCUT2D eigenvalue weighted by Crippen LogP contribution is -2.00. The second-order valence-electron chi connectivity index (χ2n) is 3.96. The zero-order chi connectivity index (χ0) is 13.3. The molecule has 0 unspecified atom stereocenters. The Labute approximate surface area is 103 Å². The number of rotatable bonds is 2. The number of carbonyl (C=O) groups is 1. The Bertz CT molecular complexity index is 621. The van der Waals surface area contributed by atoms with Gasteiger partial charge in [0.1, 0.15) is 11.6 Å². The number of carboxylic acids is 1. The van der Waals surface area contributed by atoms with Crippen LogP contribution in [0.25, 0.3) is 11.1 Å². The maximum Gasteiger partial charge on any atom is 0.338 e. The lowest BCUT2D eigenvalue weighted by Gasteiger charge is -2.06. The first kappa shape index (κ1) is 12.2. The largest absolute Gasteiger partial charge is 0.478 e. The molecule has 2 aromatic rings. The highest BCUT2D eigenvalue weighted by atomic mass is 19.1. The summed E-state index contributed by atoms with van der Waals surface area (Å²) in [6.07, 6.45) is 0. The fourth-order valence-corrected chi connectivity index (χ4v) is 1.69. The minimum Gasteiger partial charge on any atom is -0.478 e. The average Bonchev–Trinajstić information content (AvgIpc) is 2.33. The number of carboxylic acid groups (broad SMARTS) is 1. The van der Waals surface area contributed by atoms with Crippen LogP contribution in [0.3, 0.4) is 0 Å². The smallest absolute Gasteiger partial charge is 0.338 e. The molecule has 0 aromatic heterocycles. The normalized spacial score (nSPS) is 10.4. The summed E-state index contributed by atoms with van der Waals surface area (Å²) in [5.74, 6) is -2.45. The highest BCUT2D eigenvalue weighted by Gasteiger charge is 2.12. The molecule has 4 heteroatoms. The Kier molecular flexibility index (Phi) is 3.10. The first-order valence-electron chi connectivity index (χ1n) is 5.28. The number of benzene rings is 2. The van der Waals surface area contributed by atoms with Gasteiger partial charge in [0.15, 0.2) is 0 Å². The van der Waals surface area contributed by atoms with Crippen LogP contribution in [0, 0.1) is 18.6 Å². The molecule has 0 heterocycles. The van der Waals surface area contributed by atoms with Gasteiger partial charge < -0.3 is 5.11 Å². The summed E-state index contributed by atoms with van der Waals surface area (Å²) in [7, 11) is 0. The van der Waals surface area contributed by atoms with E-state index in [1.165, 1.54) is 24.3 Å². The molecule has 1 N–H and O–H groups in total. The summed E-state index contributed by atoms with van der Waals surface area (Å²) >= 11 is 0. The van der Waals surface area contributed by atoms with Crippen molar-refractivity contribution in [1.29, 1.82) is 0 Å². The van der Waals surface area contributed by atoms with Gasteiger partial charge in [0.05, 0.1) is 5.56 Å². The molecule has 18 heavy (non-hydrogen) atoms. The summed E-state index contributed by atoms with van der Waals surface area (Å²) in [5, 5.41) is 8.84. The Morgan fingerprint density at radius 1 is 1.00 bits per heavy atom. The van der Waals surface area contributed by atoms with Crippen LogP contribution in [0.5, 0.6) is 0 Å². The molecule has 92 valence electrons. The third-order valence-electron chi connectivity index (χ3n) is 2.69. The number of hydrogen-bond acceptors (Lipinski definition) is 1. The van der Waals surface area contributed by atoms with Crippen LogP contribution in [-0.2, 0) is 0 Å². The van der Waals surface area contributed by atoms with Gasteiger partial charge in [0.25, 0.3) is 0 Å². The van der Waals surface area contributed by atoms with E-state index < -0.39 is 17.3 Å². The molecule has 2 aromatic carbocycles. The van der Waals surface area contributed by atoms with Gasteiger partial charge >= 0.3 is 5.97 Å². The number of aryl methyl sites for hydroxylation is 1. The van der Waals surface area contributed by atoms with Crippen molar-refractivity contribution >= 4 is 5.97 Å². The second kappa shape index (κ2) is 4.56. The highest BCUT2D eigenvalue weighted by Crippen LogP contribution is 2.24. The van der Waals surface area contributed by atoms with Crippen molar-refractivity contribution in [2.75, 3.05) is 0 Å². The molecular formula is C14H10F2O2. The number of hydrogen-bond donors (Lipinski definition) is 1. The number of halogens is 2. The molecule has 0 atom stereocenters. The van der Waals surface area contributed by atoms with Crippen molar-refractivity contribution < 1.29 is 18.7 Å². The fraction of sp³-hybridized carbons (Fsp3) is 0.0714. The van der Waals surface area contributed by atoms with Crippen LogP contribution in [0.15, 0.2) is 36.4 Å². The molecule has 2 rings (SSSR count). The van der Waals surface area contributed by atoms with Crippen molar-refractivity contribution in [3.05, 3.63) is 59.2 Å². The van der Waals surface area contributed by atoms with Crippen LogP contribution in [-0.4, -0.2) is 11.1 Å². The van der Waals surface area contributed by atoms with E-state index in [9.17, 15) is 13.6 Å². The maximum atomic E-state index is 13.2. The third-order valence-corrected chi connectivity index (χ3v) is 2.69. The molecule has 0 spiro atoms. The molecule has 0 aliphatic carbocycles. The fourth-order valence-electron chi connectivity index (χ4n) is 1.69. The van der Waals surface area contributed by atoms with Gasteiger partial charge in [0, 0.05) is 0 Å².